The Morgan fingerprint density at radius 1 is 1.00 bits per heavy atom. The Hall–Kier alpha value is -1.79. The highest BCUT2D eigenvalue weighted by molar-refractivity contribution is 5.14. The van der Waals surface area contributed by atoms with E-state index in [9.17, 15) is 0 Å². The summed E-state index contributed by atoms with van der Waals surface area (Å²) in [6.07, 6.45) is 5.03. The highest BCUT2D eigenvalue weighted by Gasteiger charge is 2.33. The van der Waals surface area contributed by atoms with Crippen molar-refractivity contribution in [2.75, 3.05) is 26.2 Å². The van der Waals surface area contributed by atoms with E-state index in [1.54, 1.807) is 0 Å². The number of aromatic nitrogens is 4. The third-order valence-corrected chi connectivity index (χ3v) is 6.13. The lowest BCUT2D eigenvalue weighted by molar-refractivity contribution is 0.0653. The Balaban J connectivity index is 1.43. The van der Waals surface area contributed by atoms with Gasteiger partial charge in [0.25, 0.3) is 0 Å². The molecule has 1 aromatic heterocycles. The molecule has 2 fully saturated rings. The number of piperazine rings is 1. The summed E-state index contributed by atoms with van der Waals surface area (Å²) in [6.45, 7) is 10.00. The van der Waals surface area contributed by atoms with Crippen LogP contribution in [0.4, 0.5) is 0 Å². The van der Waals surface area contributed by atoms with Gasteiger partial charge in [0.15, 0.2) is 5.82 Å². The predicted molar refractivity (Wildman–Crippen MR) is 106 cm³/mol. The van der Waals surface area contributed by atoms with E-state index in [1.165, 1.54) is 31.2 Å². The van der Waals surface area contributed by atoms with Crippen LogP contribution in [0.3, 0.4) is 0 Å². The van der Waals surface area contributed by atoms with Gasteiger partial charge < -0.3 is 0 Å². The van der Waals surface area contributed by atoms with Crippen molar-refractivity contribution >= 4 is 0 Å². The van der Waals surface area contributed by atoms with E-state index in [0.717, 1.165) is 38.5 Å². The number of hydrogen-bond acceptors (Lipinski definition) is 5. The van der Waals surface area contributed by atoms with Crippen molar-refractivity contribution in [2.45, 2.75) is 58.2 Å². The zero-order valence-electron chi connectivity index (χ0n) is 16.7. The largest absolute Gasteiger partial charge is 0.297 e. The van der Waals surface area contributed by atoms with Crippen molar-refractivity contribution in [3.8, 4) is 0 Å². The number of rotatable bonds is 6. The van der Waals surface area contributed by atoms with Gasteiger partial charge in [0, 0.05) is 32.7 Å². The molecule has 1 atom stereocenters. The molecule has 4 rings (SSSR count). The van der Waals surface area contributed by atoms with E-state index in [0.29, 0.717) is 18.0 Å². The molecular formula is C21H32N6. The van der Waals surface area contributed by atoms with E-state index >= 15 is 0 Å². The Morgan fingerprint density at radius 3 is 2.37 bits per heavy atom. The zero-order chi connectivity index (χ0) is 18.6. The van der Waals surface area contributed by atoms with Crippen molar-refractivity contribution in [1.82, 2.24) is 30.0 Å². The highest BCUT2D eigenvalue weighted by atomic mass is 15.6. The van der Waals surface area contributed by atoms with E-state index in [2.05, 4.69) is 74.2 Å². The summed E-state index contributed by atoms with van der Waals surface area (Å²) >= 11 is 0. The first kappa shape index (κ1) is 18.6. The lowest BCUT2D eigenvalue weighted by atomic mass is 10.00. The molecule has 1 aliphatic carbocycles. The first-order valence-electron chi connectivity index (χ1n) is 10.5. The second-order valence-corrected chi connectivity index (χ2v) is 8.41. The van der Waals surface area contributed by atoms with Crippen LogP contribution in [0.5, 0.6) is 0 Å². The van der Waals surface area contributed by atoms with Gasteiger partial charge >= 0.3 is 0 Å². The average Bonchev–Trinajstić information content (AvgIpc) is 3.35. The fourth-order valence-electron chi connectivity index (χ4n) is 4.73. The Morgan fingerprint density at radius 2 is 1.70 bits per heavy atom. The number of hydrogen-bond donors (Lipinski definition) is 0. The van der Waals surface area contributed by atoms with Crippen LogP contribution in [0.2, 0.25) is 0 Å². The third-order valence-electron chi connectivity index (χ3n) is 6.13. The van der Waals surface area contributed by atoms with Gasteiger partial charge in [-0.05, 0) is 34.7 Å². The topological polar surface area (TPSA) is 50.1 Å². The zero-order valence-corrected chi connectivity index (χ0v) is 16.7. The Labute approximate surface area is 162 Å². The maximum Gasteiger partial charge on any atom is 0.168 e. The van der Waals surface area contributed by atoms with Gasteiger partial charge in [-0.25, -0.2) is 4.68 Å². The van der Waals surface area contributed by atoms with E-state index in [-0.39, 0.29) is 0 Å². The highest BCUT2D eigenvalue weighted by Crippen LogP contribution is 2.34. The number of nitrogens with zero attached hydrogens (tertiary/aromatic N) is 6. The minimum atomic E-state index is 0.305. The predicted octanol–water partition coefficient (Wildman–Crippen LogP) is 3.30. The molecule has 0 spiro atoms. The van der Waals surface area contributed by atoms with Gasteiger partial charge in [-0.2, -0.15) is 0 Å². The summed E-state index contributed by atoms with van der Waals surface area (Å²) in [5.41, 5.74) is 1.40. The van der Waals surface area contributed by atoms with Crippen LogP contribution in [-0.2, 0) is 6.54 Å². The summed E-state index contributed by atoms with van der Waals surface area (Å²) in [5.74, 6) is 1.57. The molecule has 1 unspecified atom stereocenters. The number of benzene rings is 1. The molecule has 1 saturated heterocycles. The van der Waals surface area contributed by atoms with Crippen LogP contribution >= 0.6 is 0 Å². The molecule has 0 radical (unpaired) electrons. The van der Waals surface area contributed by atoms with E-state index in [4.69, 9.17) is 0 Å². The van der Waals surface area contributed by atoms with Gasteiger partial charge in [-0.15, -0.1) is 5.10 Å². The Bertz CT molecular complexity index is 698. The van der Waals surface area contributed by atoms with Crippen LogP contribution in [0.1, 0.15) is 63.0 Å². The molecule has 146 valence electrons. The molecule has 2 heterocycles. The molecule has 0 amide bonds. The van der Waals surface area contributed by atoms with Crippen LogP contribution < -0.4 is 0 Å². The first-order valence-corrected chi connectivity index (χ1v) is 10.5. The van der Waals surface area contributed by atoms with E-state index in [1.807, 2.05) is 0 Å². The van der Waals surface area contributed by atoms with Crippen LogP contribution in [-0.4, -0.2) is 56.2 Å². The SMILES string of the molecule is CC(C)C(c1nnnn1C1CCCC1)N1CCN(Cc2ccccc2)CC1. The summed E-state index contributed by atoms with van der Waals surface area (Å²) in [6, 6.07) is 11.6. The smallest absolute Gasteiger partial charge is 0.168 e. The molecule has 0 N–H and O–H groups in total. The third kappa shape index (κ3) is 4.22. The molecule has 2 aromatic rings. The van der Waals surface area contributed by atoms with Gasteiger partial charge in [0.2, 0.25) is 0 Å². The summed E-state index contributed by atoms with van der Waals surface area (Å²) in [7, 11) is 0. The lowest BCUT2D eigenvalue weighted by Gasteiger charge is -2.40. The molecule has 1 aromatic carbocycles. The first-order chi connectivity index (χ1) is 13.2. The van der Waals surface area contributed by atoms with Crippen molar-refractivity contribution in [3.05, 3.63) is 41.7 Å². The average molecular weight is 369 g/mol. The minimum absolute atomic E-state index is 0.305. The molecule has 6 heteroatoms. The van der Waals surface area contributed by atoms with Crippen molar-refractivity contribution in [1.29, 1.82) is 0 Å². The number of tetrazole rings is 1. The van der Waals surface area contributed by atoms with Crippen molar-refractivity contribution in [2.24, 2.45) is 5.92 Å². The molecular weight excluding hydrogens is 336 g/mol. The molecule has 2 aliphatic rings. The molecule has 27 heavy (non-hydrogen) atoms. The van der Waals surface area contributed by atoms with Gasteiger partial charge in [-0.1, -0.05) is 57.0 Å². The second kappa shape index (κ2) is 8.48. The van der Waals surface area contributed by atoms with E-state index < -0.39 is 0 Å². The van der Waals surface area contributed by atoms with Gasteiger partial charge in [0.1, 0.15) is 0 Å². The normalized spacial score (nSPS) is 21.1. The Kier molecular flexibility index (Phi) is 5.83. The lowest BCUT2D eigenvalue weighted by Crippen LogP contribution is -2.48. The van der Waals surface area contributed by atoms with Gasteiger partial charge in [0.05, 0.1) is 12.1 Å². The molecule has 6 nitrogen and oxygen atoms in total. The van der Waals surface area contributed by atoms with Crippen LogP contribution in [0.25, 0.3) is 0 Å². The van der Waals surface area contributed by atoms with Crippen LogP contribution in [0, 0.1) is 5.92 Å². The van der Waals surface area contributed by atoms with Crippen molar-refractivity contribution in [3.63, 3.8) is 0 Å². The standard InChI is InChI=1S/C21H32N6/c1-17(2)20(21-22-23-24-27(21)19-10-6-7-11-19)26-14-12-25(13-15-26)16-18-8-4-3-5-9-18/h3-5,8-9,17,19-20H,6-7,10-16H2,1-2H3. The maximum absolute atomic E-state index is 4.49. The van der Waals surface area contributed by atoms with Crippen LogP contribution in [0.15, 0.2) is 30.3 Å². The summed E-state index contributed by atoms with van der Waals surface area (Å²) in [5, 5.41) is 12.9. The quantitative estimate of drug-likeness (QED) is 0.783. The fourth-order valence-corrected chi connectivity index (χ4v) is 4.73. The van der Waals surface area contributed by atoms with Crippen molar-refractivity contribution < 1.29 is 0 Å². The maximum atomic E-state index is 4.49. The monoisotopic (exact) mass is 368 g/mol. The minimum Gasteiger partial charge on any atom is -0.297 e. The summed E-state index contributed by atoms with van der Waals surface area (Å²) in [4.78, 5) is 5.16. The second-order valence-electron chi connectivity index (χ2n) is 8.41. The molecule has 1 aliphatic heterocycles. The van der Waals surface area contributed by atoms with Gasteiger partial charge in [-0.3, -0.25) is 9.80 Å². The summed E-state index contributed by atoms with van der Waals surface area (Å²) < 4.78 is 2.15. The molecule has 1 saturated carbocycles. The molecule has 0 bridgehead atoms. The fraction of sp³-hybridized carbons (Fsp3) is 0.667.